The molecule has 6 nitrogen and oxygen atoms in total. The molecule has 0 radical (unpaired) electrons. The van der Waals surface area contributed by atoms with Crippen molar-refractivity contribution in [3.8, 4) is 0 Å². The average Bonchev–Trinajstić information content (AvgIpc) is 2.77. The van der Waals surface area contributed by atoms with Crippen molar-refractivity contribution in [1.82, 2.24) is 9.80 Å². The number of ketones is 1. The summed E-state index contributed by atoms with van der Waals surface area (Å²) < 4.78 is 0. The van der Waals surface area contributed by atoms with Gasteiger partial charge in [0.05, 0.1) is 12.1 Å². The molecular formula is C26H37N3O3. The van der Waals surface area contributed by atoms with Crippen molar-refractivity contribution in [1.29, 1.82) is 0 Å². The largest absolute Gasteiger partial charge is 0.511 e. The molecule has 1 amide bonds. The van der Waals surface area contributed by atoms with Crippen LogP contribution >= 0.6 is 0 Å². The maximum atomic E-state index is 12.7. The summed E-state index contributed by atoms with van der Waals surface area (Å²) in [5.74, 6) is 0.316. The molecule has 2 aliphatic rings. The summed E-state index contributed by atoms with van der Waals surface area (Å²) in [6.07, 6.45) is 2.97. The van der Waals surface area contributed by atoms with Crippen molar-refractivity contribution >= 4 is 17.9 Å². The molecule has 1 atom stereocenters. The van der Waals surface area contributed by atoms with Crippen molar-refractivity contribution in [2.24, 2.45) is 4.99 Å². The highest BCUT2D eigenvalue weighted by atomic mass is 16.3. The number of amides is 1. The van der Waals surface area contributed by atoms with Gasteiger partial charge in [-0.1, -0.05) is 52.0 Å². The van der Waals surface area contributed by atoms with Gasteiger partial charge in [0, 0.05) is 58.2 Å². The minimum atomic E-state index is -0.0471. The number of carbonyl (C=O) groups excluding carboxylic acids is 2. The van der Waals surface area contributed by atoms with Crippen LogP contribution in [0.25, 0.3) is 0 Å². The molecule has 0 bridgehead atoms. The fourth-order valence-corrected chi connectivity index (χ4v) is 4.35. The van der Waals surface area contributed by atoms with Crippen molar-refractivity contribution in [2.45, 2.75) is 58.3 Å². The zero-order valence-corrected chi connectivity index (χ0v) is 19.9. The molecule has 1 saturated heterocycles. The molecule has 0 spiro atoms. The topological polar surface area (TPSA) is 73.2 Å². The fraction of sp³-hybridized carbons (Fsp3) is 0.577. The van der Waals surface area contributed by atoms with Gasteiger partial charge in [0.25, 0.3) is 0 Å². The molecule has 1 aliphatic carbocycles. The Morgan fingerprint density at radius 2 is 1.78 bits per heavy atom. The molecular weight excluding hydrogens is 402 g/mol. The number of aliphatic hydroxyl groups is 1. The average molecular weight is 440 g/mol. The van der Waals surface area contributed by atoms with E-state index in [0.29, 0.717) is 31.4 Å². The maximum Gasteiger partial charge on any atom is 0.222 e. The van der Waals surface area contributed by atoms with Crippen LogP contribution < -0.4 is 0 Å². The number of hydrogen-bond donors (Lipinski definition) is 1. The van der Waals surface area contributed by atoms with Gasteiger partial charge in [-0.2, -0.15) is 0 Å². The summed E-state index contributed by atoms with van der Waals surface area (Å²) in [5, 5.41) is 10.5. The molecule has 1 fully saturated rings. The van der Waals surface area contributed by atoms with Gasteiger partial charge < -0.3 is 10.0 Å². The van der Waals surface area contributed by atoms with Crippen molar-refractivity contribution in [3.63, 3.8) is 0 Å². The lowest BCUT2D eigenvalue weighted by atomic mass is 9.81. The highest BCUT2D eigenvalue weighted by Crippen LogP contribution is 2.34. The number of Topliss-reactive ketones (excluding diaryl/α,β-unsaturated/α-hetero) is 1. The van der Waals surface area contributed by atoms with Gasteiger partial charge in [0.1, 0.15) is 5.76 Å². The summed E-state index contributed by atoms with van der Waals surface area (Å²) >= 11 is 0. The van der Waals surface area contributed by atoms with E-state index in [1.807, 2.05) is 11.8 Å². The molecule has 1 N–H and O–H groups in total. The number of allylic oxidation sites excluding steroid dienone is 2. The molecule has 32 heavy (non-hydrogen) atoms. The smallest absolute Gasteiger partial charge is 0.222 e. The Hall–Kier alpha value is -2.47. The number of benzene rings is 1. The van der Waals surface area contributed by atoms with Gasteiger partial charge in [-0.3, -0.25) is 19.5 Å². The van der Waals surface area contributed by atoms with Crippen LogP contribution in [0.5, 0.6) is 0 Å². The molecule has 6 heteroatoms. The van der Waals surface area contributed by atoms with E-state index in [2.05, 4.69) is 54.9 Å². The lowest BCUT2D eigenvalue weighted by Crippen LogP contribution is -2.49. The highest BCUT2D eigenvalue weighted by Gasteiger charge is 2.28. The van der Waals surface area contributed by atoms with Crippen LogP contribution in [0.3, 0.4) is 0 Å². The van der Waals surface area contributed by atoms with E-state index in [0.717, 1.165) is 38.3 Å². The number of carbonyl (C=O) groups is 2. The fourth-order valence-electron chi connectivity index (χ4n) is 4.35. The molecule has 1 aromatic carbocycles. The van der Waals surface area contributed by atoms with Crippen LogP contribution in [-0.2, 0) is 15.0 Å². The number of nitrogens with zero attached hydrogens (tertiary/aromatic N) is 3. The second-order valence-electron chi connectivity index (χ2n) is 9.87. The van der Waals surface area contributed by atoms with Gasteiger partial charge >= 0.3 is 0 Å². The van der Waals surface area contributed by atoms with Crippen molar-refractivity contribution in [3.05, 3.63) is 46.7 Å². The molecule has 1 heterocycles. The number of aliphatic imine (C=N–C) groups is 1. The summed E-state index contributed by atoms with van der Waals surface area (Å²) in [5.41, 5.74) is 2.79. The van der Waals surface area contributed by atoms with E-state index in [-0.39, 0.29) is 28.8 Å². The minimum Gasteiger partial charge on any atom is -0.511 e. The predicted molar refractivity (Wildman–Crippen MR) is 128 cm³/mol. The Morgan fingerprint density at radius 1 is 1.12 bits per heavy atom. The SMILES string of the molecule is CCC(=O)N1CCN(CCN=CC2=C(O)CC(c3ccc(C(C)(C)C)cc3)CC2=O)CC1. The lowest BCUT2D eigenvalue weighted by Gasteiger charge is -2.34. The first-order valence-corrected chi connectivity index (χ1v) is 11.7. The van der Waals surface area contributed by atoms with Gasteiger partial charge in [-0.25, -0.2) is 0 Å². The van der Waals surface area contributed by atoms with E-state index in [1.165, 1.54) is 5.56 Å². The summed E-state index contributed by atoms with van der Waals surface area (Å²) in [6, 6.07) is 8.41. The Kier molecular flexibility index (Phi) is 7.88. The molecule has 1 unspecified atom stereocenters. The van der Waals surface area contributed by atoms with E-state index >= 15 is 0 Å². The van der Waals surface area contributed by atoms with Crippen LogP contribution in [0.2, 0.25) is 0 Å². The number of aliphatic hydroxyl groups excluding tert-OH is 1. The number of hydrogen-bond acceptors (Lipinski definition) is 5. The third-order valence-corrected chi connectivity index (χ3v) is 6.52. The Bertz CT molecular complexity index is 873. The third-order valence-electron chi connectivity index (χ3n) is 6.52. The summed E-state index contributed by atoms with van der Waals surface area (Å²) in [4.78, 5) is 33.1. The molecule has 0 aromatic heterocycles. The third kappa shape index (κ3) is 6.06. The second kappa shape index (κ2) is 10.4. The predicted octanol–water partition coefficient (Wildman–Crippen LogP) is 3.87. The highest BCUT2D eigenvalue weighted by molar-refractivity contribution is 6.14. The Balaban J connectivity index is 1.51. The first-order chi connectivity index (χ1) is 15.2. The van der Waals surface area contributed by atoms with Crippen LogP contribution in [0.1, 0.15) is 64.0 Å². The standard InChI is InChI=1S/C26H37N3O3/c1-5-25(32)29-14-12-28(13-15-29)11-10-27-18-22-23(30)16-20(17-24(22)31)19-6-8-21(9-7-19)26(2,3)4/h6-9,18,20,30H,5,10-17H2,1-4H3. The van der Waals surface area contributed by atoms with E-state index in [9.17, 15) is 14.7 Å². The zero-order valence-electron chi connectivity index (χ0n) is 19.9. The summed E-state index contributed by atoms with van der Waals surface area (Å²) in [6.45, 7) is 13.0. The van der Waals surface area contributed by atoms with Crippen LogP contribution in [0.15, 0.2) is 40.6 Å². The molecule has 1 aromatic rings. The minimum absolute atomic E-state index is 0.01000. The molecule has 1 aliphatic heterocycles. The zero-order chi connectivity index (χ0) is 23.3. The maximum absolute atomic E-state index is 12.7. The summed E-state index contributed by atoms with van der Waals surface area (Å²) in [7, 11) is 0. The lowest BCUT2D eigenvalue weighted by molar-refractivity contribution is -0.132. The molecule has 174 valence electrons. The Morgan fingerprint density at radius 3 is 2.34 bits per heavy atom. The van der Waals surface area contributed by atoms with Crippen molar-refractivity contribution < 1.29 is 14.7 Å². The molecule has 3 rings (SSSR count). The van der Waals surface area contributed by atoms with Gasteiger partial charge in [0.2, 0.25) is 5.91 Å². The van der Waals surface area contributed by atoms with E-state index in [1.54, 1.807) is 6.21 Å². The number of piperazine rings is 1. The second-order valence-corrected chi connectivity index (χ2v) is 9.87. The quantitative estimate of drug-likeness (QED) is 0.683. The van der Waals surface area contributed by atoms with Crippen LogP contribution in [0.4, 0.5) is 0 Å². The van der Waals surface area contributed by atoms with Crippen molar-refractivity contribution in [2.75, 3.05) is 39.3 Å². The van der Waals surface area contributed by atoms with E-state index < -0.39 is 0 Å². The Labute approximate surface area is 192 Å². The van der Waals surface area contributed by atoms with Crippen LogP contribution in [0, 0.1) is 0 Å². The van der Waals surface area contributed by atoms with Gasteiger partial charge in [-0.15, -0.1) is 0 Å². The first kappa shape index (κ1) is 24.2. The van der Waals surface area contributed by atoms with E-state index in [4.69, 9.17) is 0 Å². The molecule has 0 saturated carbocycles. The number of rotatable bonds is 6. The van der Waals surface area contributed by atoms with Gasteiger partial charge in [0.15, 0.2) is 5.78 Å². The monoisotopic (exact) mass is 439 g/mol. The van der Waals surface area contributed by atoms with Gasteiger partial charge in [-0.05, 0) is 22.5 Å². The first-order valence-electron chi connectivity index (χ1n) is 11.7. The normalized spacial score (nSPS) is 20.9. The van der Waals surface area contributed by atoms with Crippen LogP contribution in [-0.4, -0.2) is 72.1 Å².